The van der Waals surface area contributed by atoms with Crippen LogP contribution in [0, 0.1) is 11.8 Å². The van der Waals surface area contributed by atoms with E-state index in [-0.39, 0.29) is 0 Å². The zero-order valence-electron chi connectivity index (χ0n) is 12.2. The molecule has 0 spiro atoms. The third-order valence-electron chi connectivity index (χ3n) is 4.71. The Balaban J connectivity index is 1.62. The number of rotatable bonds is 3. The highest BCUT2D eigenvalue weighted by Crippen LogP contribution is 2.38. The van der Waals surface area contributed by atoms with E-state index in [4.69, 9.17) is 11.6 Å². The second kappa shape index (κ2) is 6.72. The number of benzene rings is 1. The summed E-state index contributed by atoms with van der Waals surface area (Å²) in [6.07, 6.45) is 6.86. The lowest BCUT2D eigenvalue weighted by Crippen LogP contribution is -2.31. The first-order valence-electron chi connectivity index (χ1n) is 7.88. The second-order valence-corrected chi connectivity index (χ2v) is 7.99. The summed E-state index contributed by atoms with van der Waals surface area (Å²) in [5.41, 5.74) is 1.41. The van der Waals surface area contributed by atoms with Gasteiger partial charge in [0.1, 0.15) is 0 Å². The summed E-state index contributed by atoms with van der Waals surface area (Å²) in [5, 5.41) is 4.69. The van der Waals surface area contributed by atoms with Gasteiger partial charge in [0.05, 0.1) is 0 Å². The number of hydrogen-bond donors (Lipinski definition) is 1. The van der Waals surface area contributed by atoms with Crippen LogP contribution in [0.15, 0.2) is 23.1 Å². The van der Waals surface area contributed by atoms with Crippen molar-refractivity contribution < 1.29 is 0 Å². The van der Waals surface area contributed by atoms with Crippen LogP contribution in [0.5, 0.6) is 0 Å². The molecule has 1 aliphatic carbocycles. The maximum atomic E-state index is 6.17. The van der Waals surface area contributed by atoms with Crippen molar-refractivity contribution in [3.8, 4) is 0 Å². The van der Waals surface area contributed by atoms with Gasteiger partial charge >= 0.3 is 0 Å². The minimum atomic E-state index is 0.502. The van der Waals surface area contributed by atoms with Crippen LogP contribution in [0.1, 0.15) is 50.6 Å². The van der Waals surface area contributed by atoms with Crippen molar-refractivity contribution in [2.75, 3.05) is 12.3 Å². The average molecular weight is 310 g/mol. The smallest absolute Gasteiger partial charge is 0.0410 e. The normalized spacial score (nSPS) is 30.0. The standard InChI is InChI=1S/C17H24ClNS/c1-12-3-2-4-13(9-12)11-19-16-7-8-20-17-6-5-14(18)10-15(16)17/h5-6,10,12-13,16,19H,2-4,7-9,11H2,1H3. The van der Waals surface area contributed by atoms with Gasteiger partial charge in [0.15, 0.2) is 0 Å². The first-order valence-corrected chi connectivity index (χ1v) is 9.24. The number of nitrogens with one attached hydrogen (secondary N) is 1. The minimum Gasteiger partial charge on any atom is -0.310 e. The van der Waals surface area contributed by atoms with Gasteiger partial charge in [-0.2, -0.15) is 0 Å². The molecule has 3 rings (SSSR count). The SMILES string of the molecule is CC1CCCC(CNC2CCSc3ccc(Cl)cc32)C1. The number of thioether (sulfide) groups is 1. The van der Waals surface area contributed by atoms with E-state index in [2.05, 4.69) is 24.4 Å². The summed E-state index contributed by atoms with van der Waals surface area (Å²) in [6.45, 7) is 3.57. The van der Waals surface area contributed by atoms with Crippen LogP contribution in [0.2, 0.25) is 5.02 Å². The third kappa shape index (κ3) is 3.52. The van der Waals surface area contributed by atoms with Crippen molar-refractivity contribution in [3.63, 3.8) is 0 Å². The molecule has 1 aliphatic heterocycles. The van der Waals surface area contributed by atoms with Crippen LogP contribution in [-0.4, -0.2) is 12.3 Å². The highest BCUT2D eigenvalue weighted by molar-refractivity contribution is 7.99. The van der Waals surface area contributed by atoms with E-state index in [1.165, 1.54) is 54.9 Å². The molecule has 0 bridgehead atoms. The van der Waals surface area contributed by atoms with Crippen molar-refractivity contribution in [2.45, 2.75) is 50.0 Å². The molecule has 1 aromatic rings. The van der Waals surface area contributed by atoms with Gasteiger partial charge in [-0.3, -0.25) is 0 Å². The summed E-state index contributed by atoms with van der Waals surface area (Å²) >= 11 is 8.14. The predicted octanol–water partition coefficient (Wildman–Crippen LogP) is 5.29. The molecule has 1 aromatic carbocycles. The molecule has 1 saturated carbocycles. The Morgan fingerprint density at radius 1 is 1.30 bits per heavy atom. The fraction of sp³-hybridized carbons (Fsp3) is 0.647. The maximum Gasteiger partial charge on any atom is 0.0410 e. The summed E-state index contributed by atoms with van der Waals surface area (Å²) in [6, 6.07) is 6.85. The molecule has 110 valence electrons. The van der Waals surface area contributed by atoms with E-state index in [1.807, 2.05) is 17.8 Å². The number of fused-ring (bicyclic) bond motifs is 1. The van der Waals surface area contributed by atoms with Gasteiger partial charge in [-0.25, -0.2) is 0 Å². The molecule has 3 atom stereocenters. The van der Waals surface area contributed by atoms with E-state index in [9.17, 15) is 0 Å². The Morgan fingerprint density at radius 2 is 2.20 bits per heavy atom. The quantitative estimate of drug-likeness (QED) is 0.814. The van der Waals surface area contributed by atoms with Crippen molar-refractivity contribution in [2.24, 2.45) is 11.8 Å². The van der Waals surface area contributed by atoms with E-state index in [1.54, 1.807) is 0 Å². The van der Waals surface area contributed by atoms with Gasteiger partial charge in [-0.05, 0) is 67.2 Å². The van der Waals surface area contributed by atoms with Crippen LogP contribution in [-0.2, 0) is 0 Å². The Labute approximate surface area is 131 Å². The first kappa shape index (κ1) is 14.7. The van der Waals surface area contributed by atoms with Crippen LogP contribution in [0.25, 0.3) is 0 Å². The minimum absolute atomic E-state index is 0.502. The van der Waals surface area contributed by atoms with Gasteiger partial charge in [0.25, 0.3) is 0 Å². The lowest BCUT2D eigenvalue weighted by molar-refractivity contribution is 0.265. The monoisotopic (exact) mass is 309 g/mol. The molecule has 0 amide bonds. The van der Waals surface area contributed by atoms with Crippen LogP contribution in [0.4, 0.5) is 0 Å². The van der Waals surface area contributed by atoms with E-state index < -0.39 is 0 Å². The highest BCUT2D eigenvalue weighted by atomic mass is 35.5. The summed E-state index contributed by atoms with van der Waals surface area (Å²) in [5.74, 6) is 3.00. The van der Waals surface area contributed by atoms with Gasteiger partial charge < -0.3 is 5.32 Å². The molecule has 1 heterocycles. The topological polar surface area (TPSA) is 12.0 Å². The van der Waals surface area contributed by atoms with Crippen molar-refractivity contribution in [3.05, 3.63) is 28.8 Å². The molecule has 0 saturated heterocycles. The molecule has 3 unspecified atom stereocenters. The fourth-order valence-corrected chi connectivity index (χ4v) is 4.92. The molecule has 0 radical (unpaired) electrons. The fourth-order valence-electron chi connectivity index (χ4n) is 3.63. The van der Waals surface area contributed by atoms with Crippen LogP contribution >= 0.6 is 23.4 Å². The molecule has 1 nitrogen and oxygen atoms in total. The molecule has 1 N–H and O–H groups in total. The number of halogens is 1. The summed E-state index contributed by atoms with van der Waals surface area (Å²) in [4.78, 5) is 1.41. The van der Waals surface area contributed by atoms with Gasteiger partial charge in [0, 0.05) is 16.0 Å². The van der Waals surface area contributed by atoms with E-state index in [0.29, 0.717) is 6.04 Å². The average Bonchev–Trinajstić information content (AvgIpc) is 2.45. The Bertz CT molecular complexity index is 462. The molecule has 0 aromatic heterocycles. The van der Waals surface area contributed by atoms with E-state index >= 15 is 0 Å². The Morgan fingerprint density at radius 3 is 3.05 bits per heavy atom. The molecule has 20 heavy (non-hydrogen) atoms. The highest BCUT2D eigenvalue weighted by Gasteiger charge is 2.23. The maximum absolute atomic E-state index is 6.17. The predicted molar refractivity (Wildman–Crippen MR) is 88.7 cm³/mol. The second-order valence-electron chi connectivity index (χ2n) is 6.42. The van der Waals surface area contributed by atoms with Crippen molar-refractivity contribution in [1.29, 1.82) is 0 Å². The zero-order chi connectivity index (χ0) is 13.9. The van der Waals surface area contributed by atoms with Crippen molar-refractivity contribution >= 4 is 23.4 Å². The molecular formula is C17H24ClNS. The lowest BCUT2D eigenvalue weighted by Gasteiger charge is -2.31. The van der Waals surface area contributed by atoms with Crippen LogP contribution < -0.4 is 5.32 Å². The van der Waals surface area contributed by atoms with E-state index in [0.717, 1.165) is 16.9 Å². The summed E-state index contributed by atoms with van der Waals surface area (Å²) in [7, 11) is 0. The Kier molecular flexibility index (Phi) is 4.95. The Hall–Kier alpha value is -0.180. The molecular weight excluding hydrogens is 286 g/mol. The van der Waals surface area contributed by atoms with Crippen molar-refractivity contribution in [1.82, 2.24) is 5.32 Å². The summed E-state index contributed by atoms with van der Waals surface area (Å²) < 4.78 is 0. The third-order valence-corrected chi connectivity index (χ3v) is 6.07. The van der Waals surface area contributed by atoms with Gasteiger partial charge in [0.2, 0.25) is 0 Å². The van der Waals surface area contributed by atoms with Gasteiger partial charge in [-0.15, -0.1) is 11.8 Å². The first-order chi connectivity index (χ1) is 9.72. The molecule has 2 aliphatic rings. The molecule has 3 heteroatoms. The molecule has 1 fully saturated rings. The van der Waals surface area contributed by atoms with Crippen LogP contribution in [0.3, 0.4) is 0 Å². The largest absolute Gasteiger partial charge is 0.310 e. The zero-order valence-corrected chi connectivity index (χ0v) is 13.8. The number of hydrogen-bond acceptors (Lipinski definition) is 2. The lowest BCUT2D eigenvalue weighted by atomic mass is 9.82. The van der Waals surface area contributed by atoms with Gasteiger partial charge in [-0.1, -0.05) is 31.4 Å².